The molecule has 0 aromatic rings. The maximum Gasteiger partial charge on any atom is 0.306 e. The highest BCUT2D eigenvalue weighted by atomic mass is 31.2. The van der Waals surface area contributed by atoms with Crippen LogP contribution in [-0.2, 0) is 32.7 Å². The molecule has 0 bridgehead atoms. The normalized spacial score (nSPS) is 13.3. The molecular weight excluding hydrogens is 990 g/mol. The van der Waals surface area contributed by atoms with Gasteiger partial charge in [-0.3, -0.25) is 14.2 Å². The summed E-state index contributed by atoms with van der Waals surface area (Å²) >= 11 is 0. The summed E-state index contributed by atoms with van der Waals surface area (Å²) < 4.78 is 34.3. The third kappa shape index (κ3) is 63.7. The van der Waals surface area contributed by atoms with E-state index in [0.717, 1.165) is 38.5 Å². The third-order valence-electron chi connectivity index (χ3n) is 15.5. The fraction of sp³-hybridized carbons (Fsp3) is 0.912. The van der Waals surface area contributed by atoms with Gasteiger partial charge >= 0.3 is 11.9 Å². The molecule has 0 aromatic heterocycles. The fourth-order valence-electron chi connectivity index (χ4n) is 10.2. The number of carbonyl (C=O) groups excluding carboxylic acids is 2. The van der Waals surface area contributed by atoms with Crippen molar-refractivity contribution in [3.05, 3.63) is 24.3 Å². The number of rotatable bonds is 64. The van der Waals surface area contributed by atoms with E-state index in [4.69, 9.17) is 18.5 Å². The number of hydrogen-bond donors (Lipinski definition) is 0. The van der Waals surface area contributed by atoms with Crippen LogP contribution >= 0.6 is 7.82 Å². The molecule has 2 atom stereocenters. The minimum atomic E-state index is -4.63. The molecule has 0 rings (SSSR count). The number of esters is 2. The van der Waals surface area contributed by atoms with Gasteiger partial charge in [0.15, 0.2) is 6.10 Å². The van der Waals surface area contributed by atoms with Crippen LogP contribution in [0.3, 0.4) is 0 Å². The van der Waals surface area contributed by atoms with Crippen molar-refractivity contribution < 1.29 is 42.1 Å². The summed E-state index contributed by atoms with van der Waals surface area (Å²) in [6.45, 7) is 4.30. The van der Waals surface area contributed by atoms with Crippen LogP contribution in [0.15, 0.2) is 24.3 Å². The summed E-state index contributed by atoms with van der Waals surface area (Å²) in [5, 5.41) is 0. The maximum absolute atomic E-state index is 12.8. The first-order chi connectivity index (χ1) is 38.0. The van der Waals surface area contributed by atoms with E-state index in [2.05, 4.69) is 38.2 Å². The number of hydrogen-bond acceptors (Lipinski definition) is 8. The monoisotopic (exact) mass is 1120 g/mol. The summed E-state index contributed by atoms with van der Waals surface area (Å²) in [6.07, 6.45) is 74.0. The second kappa shape index (κ2) is 60.1. The Kier molecular flexibility index (Phi) is 58.9. The van der Waals surface area contributed by atoms with Crippen LogP contribution in [0.1, 0.15) is 348 Å². The Bertz CT molecular complexity index is 1370. The Morgan fingerprint density at radius 1 is 0.397 bits per heavy atom. The Labute approximate surface area is 485 Å². The zero-order chi connectivity index (χ0) is 57.0. The molecule has 0 radical (unpaired) electrons. The molecule has 462 valence electrons. The second-order valence-corrected chi connectivity index (χ2v) is 26.0. The molecule has 0 aliphatic rings. The number of phosphoric acid groups is 1. The van der Waals surface area contributed by atoms with Gasteiger partial charge < -0.3 is 27.9 Å². The molecule has 0 aromatic carbocycles. The number of nitrogens with zero attached hydrogens (tertiary/aromatic N) is 1. The third-order valence-corrected chi connectivity index (χ3v) is 16.4. The first kappa shape index (κ1) is 76.5. The summed E-state index contributed by atoms with van der Waals surface area (Å²) in [6, 6.07) is 0. The molecule has 0 N–H and O–H groups in total. The molecule has 0 saturated heterocycles. The van der Waals surface area contributed by atoms with E-state index in [1.165, 1.54) is 276 Å². The molecular formula is C68H132NO8P. The highest BCUT2D eigenvalue weighted by Crippen LogP contribution is 2.38. The van der Waals surface area contributed by atoms with Crippen molar-refractivity contribution in [3.63, 3.8) is 0 Å². The molecule has 0 spiro atoms. The van der Waals surface area contributed by atoms with Crippen LogP contribution in [0.25, 0.3) is 0 Å². The van der Waals surface area contributed by atoms with Gasteiger partial charge in [0, 0.05) is 12.8 Å². The molecule has 0 fully saturated rings. The van der Waals surface area contributed by atoms with Crippen molar-refractivity contribution in [2.75, 3.05) is 47.5 Å². The van der Waals surface area contributed by atoms with Gasteiger partial charge in [-0.25, -0.2) is 0 Å². The van der Waals surface area contributed by atoms with Crippen LogP contribution in [0, 0.1) is 0 Å². The number of quaternary nitrogens is 1. The molecule has 0 heterocycles. The Hall–Kier alpha value is -1.51. The first-order valence-electron chi connectivity index (χ1n) is 34.0. The highest BCUT2D eigenvalue weighted by molar-refractivity contribution is 7.45. The minimum absolute atomic E-state index is 0.0264. The number of likely N-dealkylation sites (N-methyl/N-ethyl adjacent to an activating group) is 1. The van der Waals surface area contributed by atoms with Gasteiger partial charge in [-0.15, -0.1) is 0 Å². The van der Waals surface area contributed by atoms with Gasteiger partial charge in [0.05, 0.1) is 27.7 Å². The van der Waals surface area contributed by atoms with E-state index in [0.29, 0.717) is 17.4 Å². The van der Waals surface area contributed by atoms with Crippen molar-refractivity contribution in [3.8, 4) is 0 Å². The predicted octanol–water partition coefficient (Wildman–Crippen LogP) is 21.1. The van der Waals surface area contributed by atoms with Gasteiger partial charge in [0.1, 0.15) is 19.8 Å². The number of unbranched alkanes of at least 4 members (excludes halogenated alkanes) is 46. The quantitative estimate of drug-likeness (QED) is 0.0195. The summed E-state index contributed by atoms with van der Waals surface area (Å²) in [5.41, 5.74) is 0. The van der Waals surface area contributed by atoms with Crippen molar-refractivity contribution in [1.29, 1.82) is 0 Å². The summed E-state index contributed by atoms with van der Waals surface area (Å²) in [7, 11) is 1.19. The fourth-order valence-corrected chi connectivity index (χ4v) is 10.9. The van der Waals surface area contributed by atoms with E-state index < -0.39 is 26.5 Å². The topological polar surface area (TPSA) is 111 Å². The van der Waals surface area contributed by atoms with Crippen molar-refractivity contribution in [2.45, 2.75) is 354 Å². The lowest BCUT2D eigenvalue weighted by atomic mass is 10.0. The zero-order valence-electron chi connectivity index (χ0n) is 52.6. The number of carbonyl (C=O) groups is 2. The van der Waals surface area contributed by atoms with Crippen molar-refractivity contribution >= 4 is 19.8 Å². The first-order valence-corrected chi connectivity index (χ1v) is 35.5. The highest BCUT2D eigenvalue weighted by Gasteiger charge is 2.22. The summed E-state index contributed by atoms with van der Waals surface area (Å²) in [5.74, 6) is -0.809. The Morgan fingerprint density at radius 3 is 1.01 bits per heavy atom. The SMILES string of the molecule is CCCCCCC/C=C\C/C=C\CCCCCCCCCCCCCCCCCCCCCCCCCC(=O)OC(COC(=O)CCCCCCCCCCCCCCCCCCCCC)COP(=O)([O-])OCC[N+](C)(C)C. The largest absolute Gasteiger partial charge is 0.756 e. The van der Waals surface area contributed by atoms with Crippen LogP contribution < -0.4 is 4.89 Å². The average molecular weight is 1120 g/mol. The minimum Gasteiger partial charge on any atom is -0.756 e. The molecule has 10 heteroatoms. The van der Waals surface area contributed by atoms with E-state index in [1.54, 1.807) is 0 Å². The smallest absolute Gasteiger partial charge is 0.306 e. The van der Waals surface area contributed by atoms with E-state index in [9.17, 15) is 19.0 Å². The van der Waals surface area contributed by atoms with Gasteiger partial charge in [0.25, 0.3) is 7.82 Å². The van der Waals surface area contributed by atoms with Gasteiger partial charge in [-0.2, -0.15) is 0 Å². The Balaban J connectivity index is 3.95. The van der Waals surface area contributed by atoms with Crippen LogP contribution in [-0.4, -0.2) is 70.0 Å². The summed E-state index contributed by atoms with van der Waals surface area (Å²) in [4.78, 5) is 38.0. The lowest BCUT2D eigenvalue weighted by Gasteiger charge is -2.28. The standard InChI is InChI=1S/C68H132NO8P/c1-6-8-10-12-14-16-18-20-22-24-26-27-28-29-30-31-32-33-34-35-36-37-38-39-40-41-43-45-47-49-51-53-55-57-59-61-68(71)77-66(65-76-78(72,73)75-63-62-69(3,4)5)64-74-67(70)60-58-56-54-52-50-48-46-44-42-25-23-21-19-17-15-13-11-9-7-2/h18,20,24,26,66H,6-17,19,21-23,25,27-65H2,1-5H3/b20-18-,26-24-. The molecule has 0 aliphatic carbocycles. The van der Waals surface area contributed by atoms with Crippen LogP contribution in [0.4, 0.5) is 0 Å². The Morgan fingerprint density at radius 2 is 0.692 bits per heavy atom. The lowest BCUT2D eigenvalue weighted by Crippen LogP contribution is -2.37. The van der Waals surface area contributed by atoms with Crippen LogP contribution in [0.2, 0.25) is 0 Å². The molecule has 0 amide bonds. The number of ether oxygens (including phenoxy) is 2. The van der Waals surface area contributed by atoms with Gasteiger partial charge in [-0.05, 0) is 44.9 Å². The van der Waals surface area contributed by atoms with Gasteiger partial charge in [0.2, 0.25) is 0 Å². The van der Waals surface area contributed by atoms with Gasteiger partial charge in [-0.1, -0.05) is 314 Å². The van der Waals surface area contributed by atoms with E-state index >= 15 is 0 Å². The molecule has 9 nitrogen and oxygen atoms in total. The average Bonchev–Trinajstić information content (AvgIpc) is 3.41. The molecule has 2 unspecified atom stereocenters. The van der Waals surface area contributed by atoms with E-state index in [1.807, 2.05) is 21.1 Å². The van der Waals surface area contributed by atoms with Crippen LogP contribution in [0.5, 0.6) is 0 Å². The molecule has 0 saturated carbocycles. The zero-order valence-corrected chi connectivity index (χ0v) is 53.5. The maximum atomic E-state index is 12.8. The van der Waals surface area contributed by atoms with E-state index in [-0.39, 0.29) is 32.0 Å². The predicted molar refractivity (Wildman–Crippen MR) is 333 cm³/mol. The second-order valence-electron chi connectivity index (χ2n) is 24.6. The van der Waals surface area contributed by atoms with Crippen molar-refractivity contribution in [2.24, 2.45) is 0 Å². The number of allylic oxidation sites excluding steroid dienone is 4. The molecule has 78 heavy (non-hydrogen) atoms. The molecule has 0 aliphatic heterocycles. The lowest BCUT2D eigenvalue weighted by molar-refractivity contribution is -0.870. The van der Waals surface area contributed by atoms with Crippen molar-refractivity contribution in [1.82, 2.24) is 0 Å². The number of phosphoric ester groups is 1.